The Bertz CT molecular complexity index is 1390. The molecule has 154 valence electrons. The molecular formula is C24H23N7. The van der Waals surface area contributed by atoms with Crippen molar-refractivity contribution in [2.75, 3.05) is 18.0 Å². The molecule has 1 saturated heterocycles. The van der Waals surface area contributed by atoms with Crippen molar-refractivity contribution < 1.29 is 0 Å². The lowest BCUT2D eigenvalue weighted by Crippen LogP contribution is -2.29. The zero-order valence-electron chi connectivity index (χ0n) is 17.4. The third-order valence-corrected chi connectivity index (χ3v) is 5.99. The second-order valence-electron chi connectivity index (χ2n) is 8.22. The average molecular weight is 409 g/mol. The first-order valence-corrected chi connectivity index (χ1v) is 10.8. The molecule has 0 saturated carbocycles. The van der Waals surface area contributed by atoms with Gasteiger partial charge in [0.15, 0.2) is 11.5 Å². The Kier molecular flexibility index (Phi) is 4.19. The number of pyridine rings is 2. The van der Waals surface area contributed by atoms with Gasteiger partial charge < -0.3 is 9.88 Å². The zero-order valence-corrected chi connectivity index (χ0v) is 17.4. The predicted molar refractivity (Wildman–Crippen MR) is 123 cm³/mol. The number of anilines is 1. The topological polar surface area (TPSA) is 86.4 Å². The van der Waals surface area contributed by atoms with Crippen LogP contribution in [-0.2, 0) is 0 Å². The Morgan fingerprint density at radius 3 is 2.68 bits per heavy atom. The van der Waals surface area contributed by atoms with Crippen molar-refractivity contribution in [2.45, 2.75) is 26.2 Å². The lowest BCUT2D eigenvalue weighted by molar-refractivity contribution is 0.579. The fourth-order valence-electron chi connectivity index (χ4n) is 4.44. The van der Waals surface area contributed by atoms with Gasteiger partial charge in [0, 0.05) is 31.0 Å². The molecule has 1 fully saturated rings. The first-order valence-electron chi connectivity index (χ1n) is 10.8. The SMILES string of the molecule is Cc1cncc(-c2ccc3[nH]nc(-c4nc5c(N6CCCCC6)cccc5[nH]4)c3n2)c1. The van der Waals surface area contributed by atoms with Crippen LogP contribution in [0.5, 0.6) is 0 Å². The van der Waals surface area contributed by atoms with Gasteiger partial charge >= 0.3 is 0 Å². The van der Waals surface area contributed by atoms with Crippen LogP contribution >= 0.6 is 0 Å². The second kappa shape index (κ2) is 7.19. The second-order valence-corrected chi connectivity index (χ2v) is 8.22. The van der Waals surface area contributed by atoms with Crippen LogP contribution in [0.3, 0.4) is 0 Å². The first-order chi connectivity index (χ1) is 15.3. The van der Waals surface area contributed by atoms with E-state index >= 15 is 0 Å². The highest BCUT2D eigenvalue weighted by molar-refractivity contribution is 5.95. The molecule has 1 aliphatic rings. The molecule has 7 heteroatoms. The lowest BCUT2D eigenvalue weighted by atomic mass is 10.1. The predicted octanol–water partition coefficient (Wildman–Crippen LogP) is 4.86. The van der Waals surface area contributed by atoms with Crippen LogP contribution in [0.15, 0.2) is 48.8 Å². The molecular weight excluding hydrogens is 386 g/mol. The van der Waals surface area contributed by atoms with Crippen molar-refractivity contribution in [3.05, 3.63) is 54.4 Å². The number of hydrogen-bond acceptors (Lipinski definition) is 5. The summed E-state index contributed by atoms with van der Waals surface area (Å²) in [5.74, 6) is 0.734. The van der Waals surface area contributed by atoms with E-state index < -0.39 is 0 Å². The Morgan fingerprint density at radius 2 is 1.81 bits per heavy atom. The van der Waals surface area contributed by atoms with Gasteiger partial charge in [-0.25, -0.2) is 9.97 Å². The molecule has 6 rings (SSSR count). The van der Waals surface area contributed by atoms with Gasteiger partial charge in [-0.05, 0) is 62.1 Å². The van der Waals surface area contributed by atoms with Crippen molar-refractivity contribution in [1.29, 1.82) is 0 Å². The summed E-state index contributed by atoms with van der Waals surface area (Å²) in [6, 6.07) is 12.4. The molecule has 0 aliphatic carbocycles. The van der Waals surface area contributed by atoms with Crippen LogP contribution in [0.1, 0.15) is 24.8 Å². The standard InChI is InChI=1S/C24H23N7/c1-15-12-16(14-25-13-15)17-8-9-19-22(26-17)23(30-29-19)24-27-18-6-5-7-20(21(18)28-24)31-10-3-2-4-11-31/h5-9,12-14H,2-4,10-11H2,1H3,(H,27,28)(H,29,30). The van der Waals surface area contributed by atoms with E-state index in [0.29, 0.717) is 0 Å². The van der Waals surface area contributed by atoms with E-state index in [0.717, 1.165) is 63.5 Å². The zero-order chi connectivity index (χ0) is 20.8. The number of aryl methyl sites for hydroxylation is 1. The smallest absolute Gasteiger partial charge is 0.161 e. The maximum atomic E-state index is 4.96. The number of fused-ring (bicyclic) bond motifs is 2. The maximum Gasteiger partial charge on any atom is 0.161 e. The van der Waals surface area contributed by atoms with Gasteiger partial charge in [0.2, 0.25) is 0 Å². The number of imidazole rings is 1. The molecule has 0 amide bonds. The van der Waals surface area contributed by atoms with Crippen LogP contribution in [0.2, 0.25) is 0 Å². The number of hydrogen-bond donors (Lipinski definition) is 2. The summed E-state index contributed by atoms with van der Waals surface area (Å²) in [5, 5.41) is 7.65. The van der Waals surface area contributed by atoms with E-state index in [9.17, 15) is 0 Å². The largest absolute Gasteiger partial charge is 0.370 e. The van der Waals surface area contributed by atoms with Crippen LogP contribution in [-0.4, -0.2) is 43.2 Å². The highest BCUT2D eigenvalue weighted by atomic mass is 15.2. The van der Waals surface area contributed by atoms with E-state index in [2.05, 4.69) is 49.3 Å². The minimum atomic E-state index is 0.734. The number of benzene rings is 1. The van der Waals surface area contributed by atoms with Gasteiger partial charge in [0.25, 0.3) is 0 Å². The quantitative estimate of drug-likeness (QED) is 0.444. The van der Waals surface area contributed by atoms with Gasteiger partial charge in [0.1, 0.15) is 11.0 Å². The van der Waals surface area contributed by atoms with E-state index in [1.54, 1.807) is 0 Å². The first kappa shape index (κ1) is 18.1. The normalized spacial score (nSPS) is 14.5. The molecule has 5 heterocycles. The van der Waals surface area contributed by atoms with E-state index in [4.69, 9.17) is 9.97 Å². The molecule has 0 unspecified atom stereocenters. The summed E-state index contributed by atoms with van der Waals surface area (Å²) >= 11 is 0. The summed E-state index contributed by atoms with van der Waals surface area (Å²) < 4.78 is 0. The third-order valence-electron chi connectivity index (χ3n) is 5.99. The summed E-state index contributed by atoms with van der Waals surface area (Å²) in [6.45, 7) is 4.21. The minimum Gasteiger partial charge on any atom is -0.370 e. The summed E-state index contributed by atoms with van der Waals surface area (Å²) in [7, 11) is 0. The fraction of sp³-hybridized carbons (Fsp3) is 0.250. The number of nitrogens with zero attached hydrogens (tertiary/aromatic N) is 5. The molecule has 1 aliphatic heterocycles. The van der Waals surface area contributed by atoms with Gasteiger partial charge in [-0.3, -0.25) is 10.1 Å². The molecule has 0 radical (unpaired) electrons. The number of H-pyrrole nitrogens is 2. The maximum absolute atomic E-state index is 4.96. The number of rotatable bonds is 3. The van der Waals surface area contributed by atoms with Crippen LogP contribution < -0.4 is 4.90 Å². The van der Waals surface area contributed by atoms with Gasteiger partial charge in [-0.1, -0.05) is 6.07 Å². The third kappa shape index (κ3) is 3.13. The monoisotopic (exact) mass is 409 g/mol. The molecule has 31 heavy (non-hydrogen) atoms. The Labute approximate surface area is 179 Å². The van der Waals surface area contributed by atoms with Gasteiger partial charge in [0.05, 0.1) is 22.4 Å². The van der Waals surface area contributed by atoms with E-state index in [-0.39, 0.29) is 0 Å². The summed E-state index contributed by atoms with van der Waals surface area (Å²) in [5.41, 5.74) is 8.60. The molecule has 2 N–H and O–H groups in total. The number of nitrogens with one attached hydrogen (secondary N) is 2. The van der Waals surface area contributed by atoms with Crippen LogP contribution in [0.4, 0.5) is 5.69 Å². The average Bonchev–Trinajstić information content (AvgIpc) is 3.43. The van der Waals surface area contributed by atoms with Crippen LogP contribution in [0, 0.1) is 6.92 Å². The molecule has 0 atom stereocenters. The molecule has 1 aromatic carbocycles. The van der Waals surface area contributed by atoms with Gasteiger partial charge in [-0.15, -0.1) is 0 Å². The lowest BCUT2D eigenvalue weighted by Gasteiger charge is -2.28. The van der Waals surface area contributed by atoms with Crippen molar-refractivity contribution in [3.8, 4) is 22.8 Å². The molecule has 4 aromatic heterocycles. The summed E-state index contributed by atoms with van der Waals surface area (Å²) in [4.78, 5) is 20.1. The molecule has 0 bridgehead atoms. The van der Waals surface area contributed by atoms with E-state index in [1.165, 1.54) is 24.9 Å². The number of para-hydroxylation sites is 1. The summed E-state index contributed by atoms with van der Waals surface area (Å²) in [6.07, 6.45) is 7.46. The van der Waals surface area contributed by atoms with Crippen molar-refractivity contribution >= 4 is 27.8 Å². The molecule has 0 spiro atoms. The van der Waals surface area contributed by atoms with E-state index in [1.807, 2.05) is 31.5 Å². The van der Waals surface area contributed by atoms with Gasteiger partial charge in [-0.2, -0.15) is 5.10 Å². The van der Waals surface area contributed by atoms with Crippen molar-refractivity contribution in [1.82, 2.24) is 30.1 Å². The van der Waals surface area contributed by atoms with Crippen molar-refractivity contribution in [3.63, 3.8) is 0 Å². The van der Waals surface area contributed by atoms with Crippen molar-refractivity contribution in [2.24, 2.45) is 0 Å². The minimum absolute atomic E-state index is 0.734. The Morgan fingerprint density at radius 1 is 0.903 bits per heavy atom. The molecule has 7 nitrogen and oxygen atoms in total. The number of piperidine rings is 1. The Balaban J connectivity index is 1.46. The van der Waals surface area contributed by atoms with Crippen LogP contribution in [0.25, 0.3) is 44.8 Å². The fourth-order valence-corrected chi connectivity index (χ4v) is 4.44. The highest BCUT2D eigenvalue weighted by Gasteiger charge is 2.19. The number of aromatic amines is 2. The number of aromatic nitrogens is 6. The Hall–Kier alpha value is -3.74. The molecule has 5 aromatic rings. The highest BCUT2D eigenvalue weighted by Crippen LogP contribution is 2.32.